The summed E-state index contributed by atoms with van der Waals surface area (Å²) in [4.78, 5) is 11.2. The lowest BCUT2D eigenvalue weighted by atomic mass is 9.98. The van der Waals surface area contributed by atoms with Gasteiger partial charge in [0.25, 0.3) is 0 Å². The molecule has 0 bridgehead atoms. The van der Waals surface area contributed by atoms with Crippen molar-refractivity contribution in [3.8, 4) is 5.75 Å². The monoisotopic (exact) mass is 238 g/mol. The number of phenols is 1. The molecule has 0 amide bonds. The number of Topliss-reactive ketones (excluding diaryl/α,β-unsaturated/α-hetero) is 1. The normalized spacial score (nSPS) is 10.1. The van der Waals surface area contributed by atoms with Gasteiger partial charge in [0.2, 0.25) is 0 Å². The highest BCUT2D eigenvalue weighted by molar-refractivity contribution is 5.94. The number of benzene rings is 2. The Balaban J connectivity index is 2.28. The maximum Gasteiger partial charge on any atom is 0.159 e. The number of aromatic hydroxyl groups is 1. The summed E-state index contributed by atoms with van der Waals surface area (Å²) in [5.41, 5.74) is 3.47. The van der Waals surface area contributed by atoms with Crippen molar-refractivity contribution < 1.29 is 9.90 Å². The summed E-state index contributed by atoms with van der Waals surface area (Å²) in [6, 6.07) is 14.2. The van der Waals surface area contributed by atoms with Gasteiger partial charge >= 0.3 is 0 Å². The second-order valence-electron chi connectivity index (χ2n) is 4.16. The summed E-state index contributed by atoms with van der Waals surface area (Å²) < 4.78 is 0. The average molecular weight is 238 g/mol. The molecular weight excluding hydrogens is 224 g/mol. The van der Waals surface area contributed by atoms with E-state index in [4.69, 9.17) is 0 Å². The first-order valence-electron chi connectivity index (χ1n) is 5.67. The molecule has 0 aromatic heterocycles. The van der Waals surface area contributed by atoms with Crippen LogP contribution in [-0.2, 0) is 0 Å². The van der Waals surface area contributed by atoms with Crippen molar-refractivity contribution in [1.29, 1.82) is 0 Å². The standard InChI is InChI=1S/C16H14O2/c1-11(14-7-9-16(18)10-8-14)13-3-5-15(6-4-13)12(2)17/h3-10,18H,1H2,2H3. The molecule has 18 heavy (non-hydrogen) atoms. The number of carbonyl (C=O) groups excluding carboxylic acids is 1. The van der Waals surface area contributed by atoms with Gasteiger partial charge in [0.15, 0.2) is 5.78 Å². The zero-order valence-corrected chi connectivity index (χ0v) is 10.2. The smallest absolute Gasteiger partial charge is 0.159 e. The van der Waals surface area contributed by atoms with E-state index in [1.807, 2.05) is 24.3 Å². The van der Waals surface area contributed by atoms with Crippen LogP contribution < -0.4 is 0 Å². The maximum atomic E-state index is 11.2. The first-order chi connectivity index (χ1) is 8.58. The SMILES string of the molecule is C=C(c1ccc(O)cc1)c1ccc(C(C)=O)cc1. The Hall–Kier alpha value is -2.35. The largest absolute Gasteiger partial charge is 0.508 e. The Kier molecular flexibility index (Phi) is 3.28. The van der Waals surface area contributed by atoms with Crippen molar-refractivity contribution in [1.82, 2.24) is 0 Å². The van der Waals surface area contributed by atoms with Gasteiger partial charge in [0.1, 0.15) is 5.75 Å². The minimum atomic E-state index is 0.0526. The number of carbonyl (C=O) groups is 1. The highest BCUT2D eigenvalue weighted by Gasteiger charge is 2.04. The van der Waals surface area contributed by atoms with Crippen molar-refractivity contribution in [2.75, 3.05) is 0 Å². The molecule has 2 aromatic carbocycles. The predicted molar refractivity (Wildman–Crippen MR) is 72.7 cm³/mol. The molecule has 0 radical (unpaired) electrons. The molecule has 0 aliphatic rings. The van der Waals surface area contributed by atoms with Crippen LogP contribution in [-0.4, -0.2) is 10.9 Å². The highest BCUT2D eigenvalue weighted by atomic mass is 16.3. The van der Waals surface area contributed by atoms with Gasteiger partial charge in [-0.2, -0.15) is 0 Å². The lowest BCUT2D eigenvalue weighted by Crippen LogP contribution is -1.92. The van der Waals surface area contributed by atoms with Gasteiger partial charge in [-0.05, 0) is 35.8 Å². The van der Waals surface area contributed by atoms with E-state index in [1.54, 1.807) is 31.2 Å². The molecule has 2 aromatic rings. The van der Waals surface area contributed by atoms with Gasteiger partial charge in [-0.15, -0.1) is 0 Å². The van der Waals surface area contributed by atoms with Crippen LogP contribution in [0, 0.1) is 0 Å². The van der Waals surface area contributed by atoms with Crippen LogP contribution in [0.2, 0.25) is 0 Å². The van der Waals surface area contributed by atoms with E-state index in [0.29, 0.717) is 5.56 Å². The van der Waals surface area contributed by atoms with Crippen LogP contribution in [0.1, 0.15) is 28.4 Å². The third-order valence-corrected chi connectivity index (χ3v) is 2.86. The number of hydrogen-bond donors (Lipinski definition) is 1. The van der Waals surface area contributed by atoms with Gasteiger partial charge in [0, 0.05) is 5.56 Å². The second kappa shape index (κ2) is 4.88. The Labute approximate surface area is 106 Å². The zero-order chi connectivity index (χ0) is 13.1. The lowest BCUT2D eigenvalue weighted by molar-refractivity contribution is 0.101. The van der Waals surface area contributed by atoms with Crippen molar-refractivity contribution in [3.63, 3.8) is 0 Å². The van der Waals surface area contributed by atoms with Crippen LogP contribution in [0.25, 0.3) is 5.57 Å². The fraction of sp³-hybridized carbons (Fsp3) is 0.0625. The van der Waals surface area contributed by atoms with Gasteiger partial charge in [-0.25, -0.2) is 0 Å². The Bertz CT molecular complexity index is 577. The van der Waals surface area contributed by atoms with Gasteiger partial charge in [-0.1, -0.05) is 43.0 Å². The molecular formula is C16H14O2. The van der Waals surface area contributed by atoms with Crippen LogP contribution in [0.15, 0.2) is 55.1 Å². The summed E-state index contributed by atoms with van der Waals surface area (Å²) in [5.74, 6) is 0.287. The second-order valence-corrected chi connectivity index (χ2v) is 4.16. The predicted octanol–water partition coefficient (Wildman–Crippen LogP) is 3.66. The molecule has 1 N–H and O–H groups in total. The van der Waals surface area contributed by atoms with E-state index in [9.17, 15) is 9.90 Å². The van der Waals surface area contributed by atoms with Gasteiger partial charge in [0.05, 0.1) is 0 Å². The third kappa shape index (κ3) is 2.48. The number of rotatable bonds is 3. The lowest BCUT2D eigenvalue weighted by Gasteiger charge is -2.07. The van der Waals surface area contributed by atoms with Crippen LogP contribution in [0.5, 0.6) is 5.75 Å². The van der Waals surface area contributed by atoms with E-state index >= 15 is 0 Å². The van der Waals surface area contributed by atoms with Crippen molar-refractivity contribution in [2.24, 2.45) is 0 Å². The molecule has 0 atom stereocenters. The van der Waals surface area contributed by atoms with E-state index in [1.165, 1.54) is 0 Å². The fourth-order valence-electron chi connectivity index (χ4n) is 1.74. The quantitative estimate of drug-likeness (QED) is 0.828. The molecule has 0 spiro atoms. The van der Waals surface area contributed by atoms with E-state index < -0.39 is 0 Å². The molecule has 0 saturated carbocycles. The minimum absolute atomic E-state index is 0.0526. The van der Waals surface area contributed by atoms with Crippen LogP contribution in [0.3, 0.4) is 0 Å². The molecule has 0 aliphatic carbocycles. The van der Waals surface area contributed by atoms with Crippen LogP contribution in [0.4, 0.5) is 0 Å². The molecule has 0 aliphatic heterocycles. The number of ketones is 1. The fourth-order valence-corrected chi connectivity index (χ4v) is 1.74. The van der Waals surface area contributed by atoms with Crippen molar-refractivity contribution in [2.45, 2.75) is 6.92 Å². The van der Waals surface area contributed by atoms with Crippen molar-refractivity contribution >= 4 is 11.4 Å². The summed E-state index contributed by atoms with van der Waals surface area (Å²) in [6.07, 6.45) is 0. The molecule has 0 heterocycles. The molecule has 2 nitrogen and oxygen atoms in total. The van der Waals surface area contributed by atoms with Crippen molar-refractivity contribution in [3.05, 3.63) is 71.8 Å². The third-order valence-electron chi connectivity index (χ3n) is 2.86. The summed E-state index contributed by atoms with van der Waals surface area (Å²) in [6.45, 7) is 5.58. The molecule has 0 unspecified atom stereocenters. The van der Waals surface area contributed by atoms with E-state index in [-0.39, 0.29) is 11.5 Å². The van der Waals surface area contributed by atoms with E-state index in [2.05, 4.69) is 6.58 Å². The summed E-state index contributed by atoms with van der Waals surface area (Å²) in [5, 5.41) is 9.24. The van der Waals surface area contributed by atoms with Gasteiger partial charge in [-0.3, -0.25) is 4.79 Å². The van der Waals surface area contributed by atoms with Crippen LogP contribution >= 0.6 is 0 Å². The average Bonchev–Trinajstić information content (AvgIpc) is 2.39. The Morgan fingerprint density at radius 3 is 1.72 bits per heavy atom. The number of hydrogen-bond acceptors (Lipinski definition) is 2. The zero-order valence-electron chi connectivity index (χ0n) is 10.2. The topological polar surface area (TPSA) is 37.3 Å². The maximum absolute atomic E-state index is 11.2. The molecule has 0 saturated heterocycles. The highest BCUT2D eigenvalue weighted by Crippen LogP contribution is 2.23. The minimum Gasteiger partial charge on any atom is -0.508 e. The summed E-state index contributed by atoms with van der Waals surface area (Å²) >= 11 is 0. The molecule has 2 rings (SSSR count). The molecule has 0 fully saturated rings. The first-order valence-corrected chi connectivity index (χ1v) is 5.67. The first kappa shape index (κ1) is 12.1. The Morgan fingerprint density at radius 2 is 1.28 bits per heavy atom. The number of phenolic OH excluding ortho intramolecular Hbond substituents is 1. The Morgan fingerprint density at radius 1 is 0.889 bits per heavy atom. The molecule has 90 valence electrons. The summed E-state index contributed by atoms with van der Waals surface area (Å²) in [7, 11) is 0. The molecule has 2 heteroatoms. The van der Waals surface area contributed by atoms with Gasteiger partial charge < -0.3 is 5.11 Å². The van der Waals surface area contributed by atoms with E-state index in [0.717, 1.165) is 16.7 Å².